The van der Waals surface area contributed by atoms with Crippen molar-refractivity contribution in [1.82, 2.24) is 10.9 Å². The van der Waals surface area contributed by atoms with Crippen molar-refractivity contribution in [3.8, 4) is 0 Å². The maximum atomic E-state index is 13.1. The molecular weight excluding hydrogens is 400 g/mol. The fourth-order valence-corrected chi connectivity index (χ4v) is 7.85. The van der Waals surface area contributed by atoms with Gasteiger partial charge in [-0.3, -0.25) is 20.4 Å². The first kappa shape index (κ1) is 19.2. The normalized spacial score (nSPS) is 29.6. The van der Waals surface area contributed by atoms with E-state index in [1.807, 2.05) is 30.3 Å². The number of hydrazine groups is 1. The Labute approximate surface area is 179 Å². The van der Waals surface area contributed by atoms with Crippen LogP contribution in [0.4, 0.5) is 0 Å². The summed E-state index contributed by atoms with van der Waals surface area (Å²) in [5.74, 6) is 2.74. The molecule has 0 radical (unpaired) electrons. The summed E-state index contributed by atoms with van der Waals surface area (Å²) in [6, 6.07) is 11.7. The summed E-state index contributed by atoms with van der Waals surface area (Å²) in [4.78, 5) is 28.1. The molecule has 4 bridgehead atoms. The Morgan fingerprint density at radius 2 is 1.66 bits per heavy atom. The Hall–Kier alpha value is -1.79. The number of thiophene rings is 1. The van der Waals surface area contributed by atoms with Gasteiger partial charge in [0, 0.05) is 15.5 Å². The first-order valence-electron chi connectivity index (χ1n) is 10.5. The van der Waals surface area contributed by atoms with Gasteiger partial charge in [0.1, 0.15) is 0 Å². The quantitative estimate of drug-likeness (QED) is 0.521. The van der Waals surface area contributed by atoms with E-state index in [-0.39, 0.29) is 17.2 Å². The van der Waals surface area contributed by atoms with Crippen LogP contribution in [0.3, 0.4) is 0 Å². The van der Waals surface area contributed by atoms with Crippen molar-refractivity contribution in [2.24, 2.45) is 23.2 Å². The average Bonchev–Trinajstić information content (AvgIpc) is 3.23. The minimum Gasteiger partial charge on any atom is -0.273 e. The number of carbonyl (C=O) groups is 2. The van der Waals surface area contributed by atoms with Gasteiger partial charge in [-0.1, -0.05) is 18.2 Å². The monoisotopic (exact) mass is 426 g/mol. The summed E-state index contributed by atoms with van der Waals surface area (Å²) in [6.45, 7) is 0. The van der Waals surface area contributed by atoms with Crippen molar-refractivity contribution < 1.29 is 9.59 Å². The van der Waals surface area contributed by atoms with Crippen molar-refractivity contribution >= 4 is 34.9 Å². The van der Waals surface area contributed by atoms with Crippen molar-refractivity contribution in [2.75, 3.05) is 0 Å². The number of hydrogen-bond donors (Lipinski definition) is 2. The molecule has 0 unspecified atom stereocenters. The standard InChI is InChI=1S/C23H26N2O2S2/c26-21(19-5-1-2-6-20(19)29-14-18-4-3-7-28-18)24-25-22(27)23-11-15-8-16(12-23)10-17(9-15)13-23/h1-7,15-17H,8-14H2,(H,24,26)(H,25,27). The van der Waals surface area contributed by atoms with Gasteiger partial charge in [-0.05, 0) is 79.9 Å². The van der Waals surface area contributed by atoms with Gasteiger partial charge in [0.15, 0.2) is 0 Å². The molecule has 0 saturated heterocycles. The van der Waals surface area contributed by atoms with Gasteiger partial charge in [-0.15, -0.1) is 23.1 Å². The first-order chi connectivity index (χ1) is 14.1. The van der Waals surface area contributed by atoms with Gasteiger partial charge in [0.25, 0.3) is 5.91 Å². The third-order valence-electron chi connectivity index (χ3n) is 6.89. The average molecular weight is 427 g/mol. The van der Waals surface area contributed by atoms with Gasteiger partial charge in [-0.2, -0.15) is 0 Å². The molecule has 2 N–H and O–H groups in total. The molecule has 6 heteroatoms. The molecule has 6 rings (SSSR count). The first-order valence-corrected chi connectivity index (χ1v) is 12.3. The second-order valence-electron chi connectivity index (χ2n) is 8.97. The summed E-state index contributed by atoms with van der Waals surface area (Å²) in [6.07, 6.45) is 6.88. The van der Waals surface area contributed by atoms with Gasteiger partial charge >= 0.3 is 0 Å². The zero-order chi connectivity index (χ0) is 19.8. The van der Waals surface area contributed by atoms with Crippen LogP contribution < -0.4 is 10.9 Å². The maximum absolute atomic E-state index is 13.1. The lowest BCUT2D eigenvalue weighted by Gasteiger charge is -2.55. The Kier molecular flexibility index (Phi) is 5.16. The van der Waals surface area contributed by atoms with E-state index in [0.717, 1.165) is 29.9 Å². The van der Waals surface area contributed by atoms with E-state index in [1.165, 1.54) is 24.1 Å². The summed E-state index contributed by atoms with van der Waals surface area (Å²) < 4.78 is 0. The van der Waals surface area contributed by atoms with Crippen molar-refractivity contribution in [3.05, 3.63) is 52.2 Å². The summed E-state index contributed by atoms with van der Waals surface area (Å²) in [5, 5.41) is 2.06. The van der Waals surface area contributed by atoms with Crippen LogP contribution in [0.25, 0.3) is 0 Å². The summed E-state index contributed by atoms with van der Waals surface area (Å²) >= 11 is 3.37. The number of nitrogens with one attached hydrogen (secondary N) is 2. The highest BCUT2D eigenvalue weighted by molar-refractivity contribution is 7.98. The van der Waals surface area contributed by atoms with Crippen LogP contribution in [0, 0.1) is 23.2 Å². The lowest BCUT2D eigenvalue weighted by molar-refractivity contribution is -0.147. The van der Waals surface area contributed by atoms with E-state index < -0.39 is 0 Å². The molecule has 4 aliphatic carbocycles. The Balaban J connectivity index is 1.23. The fraction of sp³-hybridized carbons (Fsp3) is 0.478. The smallest absolute Gasteiger partial charge is 0.270 e. The van der Waals surface area contributed by atoms with Crippen LogP contribution >= 0.6 is 23.1 Å². The number of thioether (sulfide) groups is 1. The van der Waals surface area contributed by atoms with Gasteiger partial charge < -0.3 is 0 Å². The van der Waals surface area contributed by atoms with E-state index in [2.05, 4.69) is 22.3 Å². The Morgan fingerprint density at radius 1 is 0.966 bits per heavy atom. The van der Waals surface area contributed by atoms with Crippen molar-refractivity contribution in [2.45, 2.75) is 49.2 Å². The lowest BCUT2D eigenvalue weighted by atomic mass is 9.49. The second-order valence-corrected chi connectivity index (χ2v) is 11.0. The third-order valence-corrected chi connectivity index (χ3v) is 9.07. The highest BCUT2D eigenvalue weighted by Crippen LogP contribution is 2.60. The van der Waals surface area contributed by atoms with Crippen LogP contribution in [0.15, 0.2) is 46.7 Å². The SMILES string of the molecule is O=C(NNC(=O)C12CC3CC(CC(C3)C1)C2)c1ccccc1SCc1cccs1. The van der Waals surface area contributed by atoms with Gasteiger partial charge in [-0.25, -0.2) is 0 Å². The second kappa shape index (κ2) is 7.80. The van der Waals surface area contributed by atoms with Crippen LogP contribution in [0.5, 0.6) is 0 Å². The molecule has 4 nitrogen and oxygen atoms in total. The molecule has 0 atom stereocenters. The van der Waals surface area contributed by atoms with Gasteiger partial charge in [0.2, 0.25) is 5.91 Å². The molecular formula is C23H26N2O2S2. The highest BCUT2D eigenvalue weighted by atomic mass is 32.2. The molecule has 1 aromatic carbocycles. The van der Waals surface area contributed by atoms with E-state index in [0.29, 0.717) is 23.3 Å². The largest absolute Gasteiger partial charge is 0.273 e. The minimum atomic E-state index is -0.254. The number of hydrogen-bond acceptors (Lipinski definition) is 4. The Bertz CT molecular complexity index is 874. The molecule has 2 amide bonds. The molecule has 1 aromatic heterocycles. The van der Waals surface area contributed by atoms with E-state index in [9.17, 15) is 9.59 Å². The van der Waals surface area contributed by atoms with E-state index >= 15 is 0 Å². The molecule has 4 saturated carbocycles. The molecule has 0 spiro atoms. The lowest BCUT2D eigenvalue weighted by Crippen LogP contribution is -2.56. The van der Waals surface area contributed by atoms with Crippen molar-refractivity contribution in [3.63, 3.8) is 0 Å². The highest BCUT2D eigenvalue weighted by Gasteiger charge is 2.54. The molecule has 2 aromatic rings. The topological polar surface area (TPSA) is 58.2 Å². The van der Waals surface area contributed by atoms with E-state index in [4.69, 9.17) is 0 Å². The number of rotatable bonds is 5. The predicted octanol–water partition coefficient (Wildman–Crippen LogP) is 5.02. The zero-order valence-electron chi connectivity index (χ0n) is 16.4. The van der Waals surface area contributed by atoms with Crippen LogP contribution in [-0.2, 0) is 10.5 Å². The third kappa shape index (κ3) is 3.84. The minimum absolute atomic E-state index is 0.0219. The summed E-state index contributed by atoms with van der Waals surface area (Å²) in [7, 11) is 0. The zero-order valence-corrected chi connectivity index (χ0v) is 18.0. The molecule has 4 aliphatic rings. The van der Waals surface area contributed by atoms with Crippen LogP contribution in [-0.4, -0.2) is 11.8 Å². The Morgan fingerprint density at radius 3 is 2.31 bits per heavy atom. The predicted molar refractivity (Wildman–Crippen MR) is 117 cm³/mol. The number of amides is 2. The molecule has 29 heavy (non-hydrogen) atoms. The van der Waals surface area contributed by atoms with Crippen molar-refractivity contribution in [1.29, 1.82) is 0 Å². The van der Waals surface area contributed by atoms with E-state index in [1.54, 1.807) is 23.1 Å². The fourth-order valence-electron chi connectivity index (χ4n) is 6.03. The molecule has 4 fully saturated rings. The summed E-state index contributed by atoms with van der Waals surface area (Å²) in [5.41, 5.74) is 5.85. The maximum Gasteiger partial charge on any atom is 0.270 e. The number of benzene rings is 1. The molecule has 152 valence electrons. The molecule has 1 heterocycles. The van der Waals surface area contributed by atoms with Crippen LogP contribution in [0.1, 0.15) is 53.8 Å². The molecule has 0 aliphatic heterocycles. The van der Waals surface area contributed by atoms with Gasteiger partial charge in [0.05, 0.1) is 11.0 Å². The number of carbonyl (C=O) groups excluding carboxylic acids is 2. The van der Waals surface area contributed by atoms with Crippen LogP contribution in [0.2, 0.25) is 0 Å².